The molecule has 1 aromatic heterocycles. The van der Waals surface area contributed by atoms with Crippen molar-refractivity contribution in [1.82, 2.24) is 14.7 Å². The molecular weight excluding hydrogens is 266 g/mol. The van der Waals surface area contributed by atoms with E-state index in [0.717, 1.165) is 5.82 Å². The molecule has 1 aromatic carbocycles. The van der Waals surface area contributed by atoms with E-state index in [1.54, 1.807) is 24.5 Å². The number of hydrogen-bond donors (Lipinski definition) is 3. The van der Waals surface area contributed by atoms with Gasteiger partial charge in [-0.05, 0) is 17.7 Å². The molecule has 2 aromatic rings. The minimum atomic E-state index is -3.51. The van der Waals surface area contributed by atoms with Crippen molar-refractivity contribution in [2.75, 3.05) is 6.54 Å². The summed E-state index contributed by atoms with van der Waals surface area (Å²) in [5.41, 5.74) is 0.675. The lowest BCUT2D eigenvalue weighted by atomic mass is 10.2. The third kappa shape index (κ3) is 3.63. The van der Waals surface area contributed by atoms with Crippen LogP contribution in [0, 0.1) is 0 Å². The average molecular weight is 281 g/mol. The highest BCUT2D eigenvalue weighted by Crippen LogP contribution is 2.10. The highest BCUT2D eigenvalue weighted by atomic mass is 32.2. The molecule has 0 radical (unpaired) electrons. The Bertz CT molecular complexity index is 606. The molecule has 0 fully saturated rings. The van der Waals surface area contributed by atoms with Crippen molar-refractivity contribution < 1.29 is 13.5 Å². The lowest BCUT2D eigenvalue weighted by molar-refractivity contribution is 0.282. The van der Waals surface area contributed by atoms with Crippen LogP contribution in [0.2, 0.25) is 0 Å². The monoisotopic (exact) mass is 281 g/mol. The van der Waals surface area contributed by atoms with Gasteiger partial charge in [0.2, 0.25) is 10.0 Å². The number of aliphatic hydroxyl groups is 1. The molecule has 3 N–H and O–H groups in total. The maximum atomic E-state index is 12.0. The van der Waals surface area contributed by atoms with Gasteiger partial charge >= 0.3 is 0 Å². The zero-order chi connectivity index (χ0) is 13.7. The summed E-state index contributed by atoms with van der Waals surface area (Å²) in [6, 6.07) is 6.11. The van der Waals surface area contributed by atoms with E-state index < -0.39 is 10.0 Å². The molecule has 0 atom stereocenters. The van der Waals surface area contributed by atoms with Gasteiger partial charge in [0.25, 0.3) is 0 Å². The molecule has 102 valence electrons. The summed E-state index contributed by atoms with van der Waals surface area (Å²) >= 11 is 0. The molecule has 2 rings (SSSR count). The minimum Gasteiger partial charge on any atom is -0.392 e. The first-order chi connectivity index (χ1) is 9.12. The van der Waals surface area contributed by atoms with Crippen LogP contribution in [0.15, 0.2) is 41.6 Å². The first kappa shape index (κ1) is 13.7. The standard InChI is InChI=1S/C12H15N3O3S/c16-9-10-1-3-11(4-2-10)19(17,18)15-6-5-12-13-7-8-14-12/h1-4,7-8,15-16H,5-6,9H2,(H,13,14). The number of sulfonamides is 1. The summed E-state index contributed by atoms with van der Waals surface area (Å²) < 4.78 is 26.4. The first-order valence-corrected chi connectivity index (χ1v) is 7.28. The molecule has 19 heavy (non-hydrogen) atoms. The fraction of sp³-hybridized carbons (Fsp3) is 0.250. The summed E-state index contributed by atoms with van der Waals surface area (Å²) in [7, 11) is -3.51. The molecule has 0 spiro atoms. The topological polar surface area (TPSA) is 95.1 Å². The summed E-state index contributed by atoms with van der Waals surface area (Å²) in [6.45, 7) is 0.170. The third-order valence-electron chi connectivity index (χ3n) is 2.62. The zero-order valence-corrected chi connectivity index (χ0v) is 11.0. The second-order valence-corrected chi connectivity index (χ2v) is 5.75. The molecule has 0 aliphatic rings. The van der Waals surface area contributed by atoms with Crippen molar-refractivity contribution in [2.24, 2.45) is 0 Å². The summed E-state index contributed by atoms with van der Waals surface area (Å²) in [4.78, 5) is 7.10. The van der Waals surface area contributed by atoms with Crippen molar-refractivity contribution in [1.29, 1.82) is 0 Å². The fourth-order valence-corrected chi connectivity index (χ4v) is 2.63. The van der Waals surface area contributed by atoms with Crippen LogP contribution in [-0.2, 0) is 23.1 Å². The van der Waals surface area contributed by atoms with Gasteiger partial charge in [0, 0.05) is 25.4 Å². The van der Waals surface area contributed by atoms with Crippen molar-refractivity contribution >= 4 is 10.0 Å². The van der Waals surface area contributed by atoms with Gasteiger partial charge in [0.05, 0.1) is 11.5 Å². The Morgan fingerprint density at radius 3 is 2.58 bits per heavy atom. The Labute approximate surface area is 111 Å². The smallest absolute Gasteiger partial charge is 0.240 e. The number of aromatic amines is 1. The largest absolute Gasteiger partial charge is 0.392 e. The number of rotatable bonds is 6. The molecule has 0 bridgehead atoms. The van der Waals surface area contributed by atoms with Crippen LogP contribution in [0.5, 0.6) is 0 Å². The molecule has 0 saturated heterocycles. The number of hydrogen-bond acceptors (Lipinski definition) is 4. The number of nitrogens with zero attached hydrogens (tertiary/aromatic N) is 1. The summed E-state index contributed by atoms with van der Waals surface area (Å²) in [6.07, 6.45) is 3.82. The Morgan fingerprint density at radius 1 is 1.26 bits per heavy atom. The zero-order valence-electron chi connectivity index (χ0n) is 10.2. The fourth-order valence-electron chi connectivity index (χ4n) is 1.60. The highest BCUT2D eigenvalue weighted by molar-refractivity contribution is 7.89. The van der Waals surface area contributed by atoms with Crippen LogP contribution in [0.3, 0.4) is 0 Å². The number of aliphatic hydroxyl groups excluding tert-OH is 1. The number of nitrogens with one attached hydrogen (secondary N) is 2. The van der Waals surface area contributed by atoms with Gasteiger partial charge in [-0.2, -0.15) is 0 Å². The second kappa shape index (κ2) is 5.96. The summed E-state index contributed by atoms with van der Waals surface area (Å²) in [5.74, 6) is 0.735. The van der Waals surface area contributed by atoms with Gasteiger partial charge in [-0.1, -0.05) is 12.1 Å². The van der Waals surface area contributed by atoms with Crippen LogP contribution in [0.4, 0.5) is 0 Å². The quantitative estimate of drug-likeness (QED) is 0.715. The van der Waals surface area contributed by atoms with Gasteiger partial charge in [-0.3, -0.25) is 0 Å². The predicted octanol–water partition coefficient (Wildman–Crippen LogP) is 0.423. The van der Waals surface area contributed by atoms with Gasteiger partial charge in [-0.25, -0.2) is 18.1 Å². The van der Waals surface area contributed by atoms with E-state index in [1.807, 2.05) is 0 Å². The van der Waals surface area contributed by atoms with Crippen LogP contribution >= 0.6 is 0 Å². The minimum absolute atomic E-state index is 0.105. The van der Waals surface area contributed by atoms with E-state index in [4.69, 9.17) is 5.11 Å². The van der Waals surface area contributed by atoms with Crippen molar-refractivity contribution in [3.8, 4) is 0 Å². The molecule has 7 heteroatoms. The second-order valence-electron chi connectivity index (χ2n) is 3.99. The van der Waals surface area contributed by atoms with Crippen molar-refractivity contribution in [3.05, 3.63) is 48.0 Å². The molecule has 0 unspecified atom stereocenters. The maximum absolute atomic E-state index is 12.0. The Balaban J connectivity index is 1.97. The molecule has 1 heterocycles. The van der Waals surface area contributed by atoms with Gasteiger partial charge in [0.1, 0.15) is 5.82 Å². The predicted molar refractivity (Wildman–Crippen MR) is 69.8 cm³/mol. The van der Waals surface area contributed by atoms with E-state index in [2.05, 4.69) is 14.7 Å². The molecule has 0 amide bonds. The molecule has 0 aliphatic carbocycles. The van der Waals surface area contributed by atoms with Crippen molar-refractivity contribution in [3.63, 3.8) is 0 Å². The van der Waals surface area contributed by atoms with Crippen LogP contribution in [-0.4, -0.2) is 30.0 Å². The van der Waals surface area contributed by atoms with E-state index in [1.165, 1.54) is 12.1 Å². The lowest BCUT2D eigenvalue weighted by Gasteiger charge is -2.06. The Kier molecular flexibility index (Phi) is 4.31. The Hall–Kier alpha value is -1.70. The average Bonchev–Trinajstić information content (AvgIpc) is 2.92. The van der Waals surface area contributed by atoms with Gasteiger partial charge in [0.15, 0.2) is 0 Å². The normalized spacial score (nSPS) is 11.6. The first-order valence-electron chi connectivity index (χ1n) is 5.79. The third-order valence-corrected chi connectivity index (χ3v) is 4.10. The molecular formula is C12H15N3O3S. The van der Waals surface area contributed by atoms with Crippen LogP contribution < -0.4 is 4.72 Å². The number of aromatic nitrogens is 2. The van der Waals surface area contributed by atoms with E-state index in [0.29, 0.717) is 12.0 Å². The van der Waals surface area contributed by atoms with Crippen LogP contribution in [0.25, 0.3) is 0 Å². The Morgan fingerprint density at radius 2 is 2.00 bits per heavy atom. The van der Waals surface area contributed by atoms with Crippen molar-refractivity contribution in [2.45, 2.75) is 17.9 Å². The number of imidazole rings is 1. The SMILES string of the molecule is O=S(=O)(NCCc1ncc[nH]1)c1ccc(CO)cc1. The molecule has 6 nitrogen and oxygen atoms in total. The molecule has 0 saturated carbocycles. The number of benzene rings is 1. The number of H-pyrrole nitrogens is 1. The van der Waals surface area contributed by atoms with Gasteiger partial charge in [-0.15, -0.1) is 0 Å². The lowest BCUT2D eigenvalue weighted by Crippen LogP contribution is -2.26. The van der Waals surface area contributed by atoms with E-state index in [-0.39, 0.29) is 18.0 Å². The van der Waals surface area contributed by atoms with E-state index in [9.17, 15) is 8.42 Å². The maximum Gasteiger partial charge on any atom is 0.240 e. The highest BCUT2D eigenvalue weighted by Gasteiger charge is 2.13. The van der Waals surface area contributed by atoms with Gasteiger partial charge < -0.3 is 10.1 Å². The summed E-state index contributed by atoms with van der Waals surface area (Å²) in [5, 5.41) is 8.90. The van der Waals surface area contributed by atoms with Crippen LogP contribution in [0.1, 0.15) is 11.4 Å². The molecule has 0 aliphatic heterocycles. The van der Waals surface area contributed by atoms with E-state index >= 15 is 0 Å².